The highest BCUT2D eigenvalue weighted by atomic mass is 32.1. The standard InChI is InChI=1S/C14H14N2OS.C2HF3O2/c15-14(17)13-12(10-6-3-4-8-16-10)9-5-1-2-7-11(9)18-13;3-2(4,5)1(6)7/h3-4,6,8H,1-2,5,7H2,(H2,15,17);(H,6,7). The number of alkyl halides is 3. The molecule has 0 radical (unpaired) electrons. The summed E-state index contributed by atoms with van der Waals surface area (Å²) in [5.41, 5.74) is 8.64. The van der Waals surface area contributed by atoms with E-state index in [0.717, 1.165) is 24.1 Å². The van der Waals surface area contributed by atoms with Crippen LogP contribution in [0, 0.1) is 0 Å². The average Bonchev–Trinajstić information content (AvgIpc) is 2.95. The van der Waals surface area contributed by atoms with Gasteiger partial charge in [-0.3, -0.25) is 9.78 Å². The first-order valence-corrected chi connectivity index (χ1v) is 8.19. The van der Waals surface area contributed by atoms with Crippen LogP contribution in [0.2, 0.25) is 0 Å². The zero-order chi connectivity index (χ0) is 18.6. The summed E-state index contributed by atoms with van der Waals surface area (Å²) in [7, 11) is 0. The third-order valence-electron chi connectivity index (χ3n) is 3.56. The topological polar surface area (TPSA) is 93.3 Å². The maximum atomic E-state index is 11.6. The number of aliphatic carboxylic acids is 1. The number of carbonyl (C=O) groups excluding carboxylic acids is 1. The lowest BCUT2D eigenvalue weighted by atomic mass is 9.93. The van der Waals surface area contributed by atoms with Crippen molar-refractivity contribution in [2.45, 2.75) is 31.9 Å². The molecule has 1 aliphatic carbocycles. The largest absolute Gasteiger partial charge is 0.490 e. The molecule has 3 N–H and O–H groups in total. The smallest absolute Gasteiger partial charge is 0.475 e. The normalized spacial score (nSPS) is 13.4. The Kier molecular flexibility index (Phi) is 5.78. The molecule has 0 aliphatic heterocycles. The molecule has 0 aromatic carbocycles. The molecule has 0 saturated heterocycles. The molecule has 5 nitrogen and oxygen atoms in total. The minimum Gasteiger partial charge on any atom is -0.475 e. The molecule has 0 unspecified atom stereocenters. The molecular weight excluding hydrogens is 357 g/mol. The fraction of sp³-hybridized carbons (Fsp3) is 0.312. The summed E-state index contributed by atoms with van der Waals surface area (Å²) in [5, 5.41) is 7.12. The Labute approximate surface area is 145 Å². The quantitative estimate of drug-likeness (QED) is 0.845. The van der Waals surface area contributed by atoms with Crippen LogP contribution < -0.4 is 5.73 Å². The Morgan fingerprint density at radius 3 is 2.36 bits per heavy atom. The molecular formula is C16H15F3N2O3S. The number of carbonyl (C=O) groups is 2. The van der Waals surface area contributed by atoms with Crippen molar-refractivity contribution < 1.29 is 27.9 Å². The van der Waals surface area contributed by atoms with E-state index in [9.17, 15) is 18.0 Å². The van der Waals surface area contributed by atoms with Gasteiger partial charge < -0.3 is 10.8 Å². The third-order valence-corrected chi connectivity index (χ3v) is 4.86. The number of carboxylic acids is 1. The molecule has 0 spiro atoms. The van der Waals surface area contributed by atoms with Crippen molar-refractivity contribution in [3.05, 3.63) is 39.7 Å². The van der Waals surface area contributed by atoms with Crippen molar-refractivity contribution in [1.82, 2.24) is 4.98 Å². The Morgan fingerprint density at radius 1 is 1.20 bits per heavy atom. The number of primary amides is 1. The number of pyridine rings is 1. The Bertz CT molecular complexity index is 773. The van der Waals surface area contributed by atoms with E-state index in [2.05, 4.69) is 4.98 Å². The second kappa shape index (κ2) is 7.64. The van der Waals surface area contributed by atoms with E-state index < -0.39 is 12.1 Å². The first-order valence-electron chi connectivity index (χ1n) is 7.37. The van der Waals surface area contributed by atoms with Crippen LogP contribution in [0.15, 0.2) is 24.4 Å². The minimum absolute atomic E-state index is 0.338. The number of rotatable bonds is 2. The van der Waals surface area contributed by atoms with Crippen LogP contribution in [0.5, 0.6) is 0 Å². The molecule has 3 rings (SSSR count). The van der Waals surface area contributed by atoms with Gasteiger partial charge >= 0.3 is 12.1 Å². The van der Waals surface area contributed by atoms with Crippen LogP contribution in [0.25, 0.3) is 11.3 Å². The molecule has 134 valence electrons. The van der Waals surface area contributed by atoms with E-state index >= 15 is 0 Å². The summed E-state index contributed by atoms with van der Waals surface area (Å²) >= 11 is 1.55. The van der Waals surface area contributed by atoms with Crippen molar-refractivity contribution in [3.63, 3.8) is 0 Å². The molecule has 9 heteroatoms. The third kappa shape index (κ3) is 4.56. The van der Waals surface area contributed by atoms with Gasteiger partial charge in [-0.1, -0.05) is 6.07 Å². The van der Waals surface area contributed by atoms with E-state index in [0.29, 0.717) is 4.88 Å². The van der Waals surface area contributed by atoms with Gasteiger partial charge in [0.15, 0.2) is 0 Å². The van der Waals surface area contributed by atoms with Gasteiger partial charge in [0.1, 0.15) is 4.88 Å². The van der Waals surface area contributed by atoms with Gasteiger partial charge in [-0.05, 0) is 43.4 Å². The van der Waals surface area contributed by atoms with Gasteiger partial charge in [0.05, 0.1) is 5.69 Å². The van der Waals surface area contributed by atoms with Gasteiger partial charge in [0.2, 0.25) is 0 Å². The van der Waals surface area contributed by atoms with Gasteiger partial charge in [0, 0.05) is 16.6 Å². The van der Waals surface area contributed by atoms with Gasteiger partial charge in [-0.2, -0.15) is 13.2 Å². The van der Waals surface area contributed by atoms with Crippen LogP contribution in [0.1, 0.15) is 33.0 Å². The molecule has 0 fully saturated rings. The lowest BCUT2D eigenvalue weighted by Crippen LogP contribution is -2.21. The number of carboxylic acid groups (broad SMARTS) is 1. The fourth-order valence-electron chi connectivity index (χ4n) is 2.52. The van der Waals surface area contributed by atoms with Crippen LogP contribution in [-0.4, -0.2) is 28.1 Å². The highest BCUT2D eigenvalue weighted by Gasteiger charge is 2.38. The summed E-state index contributed by atoms with van der Waals surface area (Å²) < 4.78 is 31.7. The summed E-state index contributed by atoms with van der Waals surface area (Å²) in [6.45, 7) is 0. The number of hydrogen-bond donors (Lipinski definition) is 2. The van der Waals surface area contributed by atoms with Gasteiger partial charge in [0.25, 0.3) is 5.91 Å². The number of thiophene rings is 1. The van der Waals surface area contributed by atoms with Crippen molar-refractivity contribution in [1.29, 1.82) is 0 Å². The predicted octanol–water partition coefficient (Wildman–Crippen LogP) is 3.42. The number of amides is 1. The molecule has 0 atom stereocenters. The fourth-order valence-corrected chi connectivity index (χ4v) is 3.77. The summed E-state index contributed by atoms with van der Waals surface area (Å²) in [6.07, 6.45) is 1.15. The van der Waals surface area contributed by atoms with Gasteiger partial charge in [-0.15, -0.1) is 11.3 Å². The number of nitrogens with zero attached hydrogens (tertiary/aromatic N) is 1. The molecule has 0 saturated carbocycles. The predicted molar refractivity (Wildman–Crippen MR) is 86.4 cm³/mol. The highest BCUT2D eigenvalue weighted by molar-refractivity contribution is 7.14. The van der Waals surface area contributed by atoms with E-state index in [-0.39, 0.29) is 5.91 Å². The number of hydrogen-bond acceptors (Lipinski definition) is 4. The molecule has 2 aromatic heterocycles. The summed E-state index contributed by atoms with van der Waals surface area (Å²) in [6, 6.07) is 5.77. The van der Waals surface area contributed by atoms with Crippen molar-refractivity contribution in [3.8, 4) is 11.3 Å². The van der Waals surface area contributed by atoms with Crippen LogP contribution in [-0.2, 0) is 17.6 Å². The Balaban J connectivity index is 0.000000277. The first-order chi connectivity index (χ1) is 11.7. The van der Waals surface area contributed by atoms with E-state index in [1.54, 1.807) is 17.5 Å². The Hall–Kier alpha value is -2.42. The monoisotopic (exact) mass is 372 g/mol. The van der Waals surface area contributed by atoms with Crippen LogP contribution in [0.4, 0.5) is 13.2 Å². The number of aryl methyl sites for hydroxylation is 1. The minimum atomic E-state index is -5.08. The summed E-state index contributed by atoms with van der Waals surface area (Å²) in [4.78, 5) is 26.9. The molecule has 0 bridgehead atoms. The number of aromatic nitrogens is 1. The second-order valence-electron chi connectivity index (χ2n) is 5.30. The summed E-state index contributed by atoms with van der Waals surface area (Å²) in [5.74, 6) is -3.09. The zero-order valence-corrected chi connectivity index (χ0v) is 13.8. The van der Waals surface area contributed by atoms with E-state index in [1.807, 2.05) is 18.2 Å². The van der Waals surface area contributed by atoms with E-state index in [4.69, 9.17) is 15.6 Å². The molecule has 2 aromatic rings. The van der Waals surface area contributed by atoms with E-state index in [1.165, 1.54) is 23.3 Å². The molecule has 1 aliphatic rings. The lowest BCUT2D eigenvalue weighted by Gasteiger charge is -2.12. The lowest BCUT2D eigenvalue weighted by molar-refractivity contribution is -0.192. The van der Waals surface area contributed by atoms with Crippen LogP contribution in [0.3, 0.4) is 0 Å². The molecule has 2 heterocycles. The molecule has 1 amide bonds. The van der Waals surface area contributed by atoms with Crippen molar-refractivity contribution in [2.75, 3.05) is 0 Å². The zero-order valence-electron chi connectivity index (χ0n) is 13.0. The average molecular weight is 372 g/mol. The van der Waals surface area contributed by atoms with Gasteiger partial charge in [-0.25, -0.2) is 4.79 Å². The SMILES string of the molecule is NC(=O)c1sc2c(c1-c1ccccn1)CCCC2.O=C(O)C(F)(F)F. The number of halogens is 3. The molecule has 25 heavy (non-hydrogen) atoms. The number of fused-ring (bicyclic) bond motifs is 1. The maximum absolute atomic E-state index is 11.6. The number of nitrogens with two attached hydrogens (primary N) is 1. The first kappa shape index (κ1) is 18.9. The van der Waals surface area contributed by atoms with Crippen molar-refractivity contribution >= 4 is 23.2 Å². The maximum Gasteiger partial charge on any atom is 0.490 e. The second-order valence-corrected chi connectivity index (χ2v) is 6.40. The van der Waals surface area contributed by atoms with Crippen molar-refractivity contribution in [2.24, 2.45) is 5.73 Å². The highest BCUT2D eigenvalue weighted by Crippen LogP contribution is 2.39. The Morgan fingerprint density at radius 2 is 1.84 bits per heavy atom. The van der Waals surface area contributed by atoms with Crippen LogP contribution >= 0.6 is 11.3 Å².